The average molecular weight is 412 g/mol. The Labute approximate surface area is 181 Å². The number of aryl methyl sites for hydroxylation is 3. The van der Waals surface area contributed by atoms with Crippen molar-refractivity contribution in [3.63, 3.8) is 0 Å². The van der Waals surface area contributed by atoms with Gasteiger partial charge in [-0.3, -0.25) is 19.7 Å². The maximum Gasteiger partial charge on any atom is 0.170 e. The van der Waals surface area contributed by atoms with Crippen LogP contribution < -0.4 is 0 Å². The molecule has 4 rings (SSSR count). The van der Waals surface area contributed by atoms with E-state index in [-0.39, 0.29) is 12.2 Å². The number of nitrogens with zero attached hydrogens (tertiary/aromatic N) is 4. The summed E-state index contributed by atoms with van der Waals surface area (Å²) in [6, 6.07) is 10.2. The minimum atomic E-state index is -0.00759. The van der Waals surface area contributed by atoms with Gasteiger partial charge in [0.15, 0.2) is 5.78 Å². The first-order valence-corrected chi connectivity index (χ1v) is 10.3. The molecule has 0 unspecified atom stereocenters. The monoisotopic (exact) mass is 412 g/mol. The average Bonchev–Trinajstić information content (AvgIpc) is 3.19. The lowest BCUT2D eigenvalue weighted by molar-refractivity contribution is 0.0991. The Morgan fingerprint density at radius 3 is 2.55 bits per heavy atom. The third-order valence-corrected chi connectivity index (χ3v) is 5.28. The molecule has 31 heavy (non-hydrogen) atoms. The zero-order valence-corrected chi connectivity index (χ0v) is 17.9. The predicted molar refractivity (Wildman–Crippen MR) is 118 cm³/mol. The summed E-state index contributed by atoms with van der Waals surface area (Å²) in [6.07, 6.45) is 8.51. The summed E-state index contributed by atoms with van der Waals surface area (Å²) in [6.45, 7) is 5.92. The van der Waals surface area contributed by atoms with Crippen LogP contribution in [0.3, 0.4) is 0 Å². The van der Waals surface area contributed by atoms with E-state index in [1.165, 1.54) is 5.56 Å². The number of carbonyl (C=O) groups is 1. The molecule has 6 heteroatoms. The molecule has 4 aromatic rings. The van der Waals surface area contributed by atoms with E-state index in [0.717, 1.165) is 40.3 Å². The van der Waals surface area contributed by atoms with Crippen molar-refractivity contribution < 1.29 is 9.32 Å². The molecule has 0 radical (unpaired) electrons. The Balaban J connectivity index is 1.55. The number of hydrogen-bond donors (Lipinski definition) is 0. The normalized spacial score (nSPS) is 10.9. The van der Waals surface area contributed by atoms with Crippen molar-refractivity contribution >= 4 is 5.78 Å². The van der Waals surface area contributed by atoms with Gasteiger partial charge < -0.3 is 4.52 Å². The smallest absolute Gasteiger partial charge is 0.170 e. The number of carbonyl (C=O) groups excluding carboxylic acids is 1. The van der Waals surface area contributed by atoms with E-state index in [9.17, 15) is 4.79 Å². The summed E-state index contributed by atoms with van der Waals surface area (Å²) in [5, 5.41) is 4.09. The fourth-order valence-electron chi connectivity index (χ4n) is 3.59. The molecule has 0 aliphatic heterocycles. The summed E-state index contributed by atoms with van der Waals surface area (Å²) in [5.74, 6) is 0.796. The Bertz CT molecular complexity index is 1210. The quantitative estimate of drug-likeness (QED) is 0.409. The lowest BCUT2D eigenvalue weighted by Crippen LogP contribution is -2.08. The van der Waals surface area contributed by atoms with Gasteiger partial charge in [0.1, 0.15) is 5.76 Å². The van der Waals surface area contributed by atoms with E-state index in [0.29, 0.717) is 17.7 Å². The molecule has 3 aromatic heterocycles. The van der Waals surface area contributed by atoms with E-state index >= 15 is 0 Å². The van der Waals surface area contributed by atoms with Crippen molar-refractivity contribution in [3.8, 4) is 11.3 Å². The second-order valence-corrected chi connectivity index (χ2v) is 7.63. The zero-order chi connectivity index (χ0) is 21.8. The molecule has 0 amide bonds. The van der Waals surface area contributed by atoms with E-state index in [1.807, 2.05) is 26.0 Å². The fourth-order valence-corrected chi connectivity index (χ4v) is 3.59. The van der Waals surface area contributed by atoms with Gasteiger partial charge in [-0.1, -0.05) is 24.2 Å². The zero-order valence-electron chi connectivity index (χ0n) is 17.9. The molecule has 0 fully saturated rings. The number of Topliss-reactive ketones (excluding diaryl/α,β-unsaturated/α-hetero) is 1. The van der Waals surface area contributed by atoms with Gasteiger partial charge in [0, 0.05) is 42.2 Å². The Kier molecular flexibility index (Phi) is 5.98. The SMILES string of the molecule is CCc1ccc(Cc2cc(C)on2)cc1-c1cnc(CC(=O)c2cnccc2C)cn1. The molecule has 6 nitrogen and oxygen atoms in total. The van der Waals surface area contributed by atoms with E-state index in [1.54, 1.807) is 24.8 Å². The van der Waals surface area contributed by atoms with Crippen LogP contribution in [-0.2, 0) is 19.3 Å². The van der Waals surface area contributed by atoms with Crippen LogP contribution in [0, 0.1) is 13.8 Å². The molecular weight excluding hydrogens is 388 g/mol. The molecule has 156 valence electrons. The lowest BCUT2D eigenvalue weighted by atomic mass is 9.97. The minimum Gasteiger partial charge on any atom is -0.361 e. The third-order valence-electron chi connectivity index (χ3n) is 5.28. The van der Waals surface area contributed by atoms with E-state index in [4.69, 9.17) is 4.52 Å². The Morgan fingerprint density at radius 2 is 1.87 bits per heavy atom. The van der Waals surface area contributed by atoms with Crippen molar-refractivity contribution in [3.05, 3.63) is 94.5 Å². The highest BCUT2D eigenvalue weighted by atomic mass is 16.5. The van der Waals surface area contributed by atoms with Crippen LogP contribution in [0.25, 0.3) is 11.3 Å². The van der Waals surface area contributed by atoms with Gasteiger partial charge in [0.25, 0.3) is 0 Å². The van der Waals surface area contributed by atoms with Crippen molar-refractivity contribution in [1.29, 1.82) is 0 Å². The van der Waals surface area contributed by atoms with Crippen molar-refractivity contribution in [2.24, 2.45) is 0 Å². The molecule has 0 bridgehead atoms. The largest absolute Gasteiger partial charge is 0.361 e. The van der Waals surface area contributed by atoms with Crippen LogP contribution in [0.1, 0.15) is 51.1 Å². The summed E-state index contributed by atoms with van der Waals surface area (Å²) in [5.41, 5.74) is 7.26. The molecule has 0 atom stereocenters. The van der Waals surface area contributed by atoms with Crippen LogP contribution in [0.5, 0.6) is 0 Å². The third kappa shape index (κ3) is 4.74. The maximum absolute atomic E-state index is 12.6. The summed E-state index contributed by atoms with van der Waals surface area (Å²) < 4.78 is 5.18. The molecule has 0 saturated heterocycles. The first kappa shape index (κ1) is 20.6. The molecule has 0 N–H and O–H groups in total. The molecule has 3 heterocycles. The van der Waals surface area contributed by atoms with Crippen molar-refractivity contribution in [1.82, 2.24) is 20.1 Å². The summed E-state index contributed by atoms with van der Waals surface area (Å²) in [7, 11) is 0. The lowest BCUT2D eigenvalue weighted by Gasteiger charge is -2.10. The highest BCUT2D eigenvalue weighted by Gasteiger charge is 2.13. The topological polar surface area (TPSA) is 81.8 Å². The van der Waals surface area contributed by atoms with Gasteiger partial charge in [-0.2, -0.15) is 0 Å². The van der Waals surface area contributed by atoms with Crippen LogP contribution in [0.15, 0.2) is 59.6 Å². The molecule has 0 spiro atoms. The van der Waals surface area contributed by atoms with E-state index in [2.05, 4.69) is 45.2 Å². The Hall–Kier alpha value is -3.67. The van der Waals surface area contributed by atoms with Crippen molar-refractivity contribution in [2.45, 2.75) is 40.0 Å². The van der Waals surface area contributed by atoms with Gasteiger partial charge in [-0.25, -0.2) is 0 Å². The van der Waals surface area contributed by atoms with Crippen LogP contribution in [0.2, 0.25) is 0 Å². The van der Waals surface area contributed by atoms with Gasteiger partial charge in [-0.05, 0) is 49.1 Å². The summed E-state index contributed by atoms with van der Waals surface area (Å²) >= 11 is 0. The number of aromatic nitrogens is 4. The van der Waals surface area contributed by atoms with Gasteiger partial charge >= 0.3 is 0 Å². The summed E-state index contributed by atoms with van der Waals surface area (Å²) in [4.78, 5) is 25.8. The maximum atomic E-state index is 12.6. The van der Waals surface area contributed by atoms with Crippen molar-refractivity contribution in [2.75, 3.05) is 0 Å². The molecule has 1 aromatic carbocycles. The standard InChI is InChI=1S/C25H24N4O2/c1-4-19-6-5-18(10-20-9-17(3)31-29-20)11-22(19)24-15-27-21(13-28-24)12-25(30)23-14-26-8-7-16(23)2/h5-9,11,13-15H,4,10,12H2,1-3H3. The highest BCUT2D eigenvalue weighted by molar-refractivity contribution is 5.98. The van der Waals surface area contributed by atoms with Gasteiger partial charge in [0.2, 0.25) is 0 Å². The van der Waals surface area contributed by atoms with Gasteiger partial charge in [0.05, 0.1) is 29.7 Å². The molecule has 0 aliphatic carbocycles. The van der Waals surface area contributed by atoms with Crippen LogP contribution >= 0.6 is 0 Å². The number of benzene rings is 1. The number of rotatable bonds is 7. The number of pyridine rings is 1. The first-order valence-electron chi connectivity index (χ1n) is 10.3. The Morgan fingerprint density at radius 1 is 1.00 bits per heavy atom. The predicted octanol–water partition coefficient (Wildman–Crippen LogP) is 4.72. The molecule has 0 saturated carbocycles. The fraction of sp³-hybridized carbons (Fsp3) is 0.240. The second-order valence-electron chi connectivity index (χ2n) is 7.63. The highest BCUT2D eigenvalue weighted by Crippen LogP contribution is 2.25. The van der Waals surface area contributed by atoms with Crippen LogP contribution in [-0.4, -0.2) is 25.9 Å². The minimum absolute atomic E-state index is 0.00759. The van der Waals surface area contributed by atoms with E-state index < -0.39 is 0 Å². The van der Waals surface area contributed by atoms with Gasteiger partial charge in [-0.15, -0.1) is 0 Å². The van der Waals surface area contributed by atoms with Crippen LogP contribution in [0.4, 0.5) is 0 Å². The molecular formula is C25H24N4O2. The number of ketones is 1. The first-order chi connectivity index (χ1) is 15.0. The number of hydrogen-bond acceptors (Lipinski definition) is 6. The molecule has 0 aliphatic rings. The second kappa shape index (κ2) is 9.00.